The van der Waals surface area contributed by atoms with E-state index in [2.05, 4.69) is 0 Å². The number of esters is 1. The molecule has 0 aliphatic carbocycles. The van der Waals surface area contributed by atoms with Crippen molar-refractivity contribution in [3.8, 4) is 0 Å². The number of benzene rings is 2. The smallest absolute Gasteiger partial charge is 0.329 e. The van der Waals surface area contributed by atoms with Gasteiger partial charge in [-0.25, -0.2) is 4.79 Å². The highest BCUT2D eigenvalue weighted by Crippen LogP contribution is 2.25. The van der Waals surface area contributed by atoms with Crippen LogP contribution < -0.4 is 0 Å². The van der Waals surface area contributed by atoms with E-state index in [0.717, 1.165) is 10.5 Å². The first-order valence-corrected chi connectivity index (χ1v) is 9.27. The number of imide groups is 1. The first-order chi connectivity index (χ1) is 13.8. The summed E-state index contributed by atoms with van der Waals surface area (Å²) in [4.78, 5) is 52.4. The molecular weight excluding hydrogens is 372 g/mol. The molecular formula is C22H22N2O5. The van der Waals surface area contributed by atoms with Gasteiger partial charge in [0.25, 0.3) is 17.7 Å². The molecule has 0 unspecified atom stereocenters. The number of hydrogen-bond donors (Lipinski definition) is 0. The lowest BCUT2D eigenvalue weighted by atomic mass is 10.1. The normalized spacial score (nSPS) is 14.9. The van der Waals surface area contributed by atoms with Crippen LogP contribution in [-0.2, 0) is 20.9 Å². The predicted molar refractivity (Wildman–Crippen MR) is 105 cm³/mol. The predicted octanol–water partition coefficient (Wildman–Crippen LogP) is 2.26. The van der Waals surface area contributed by atoms with E-state index >= 15 is 0 Å². The van der Waals surface area contributed by atoms with E-state index in [-0.39, 0.29) is 17.0 Å². The molecule has 29 heavy (non-hydrogen) atoms. The van der Waals surface area contributed by atoms with Crippen LogP contribution in [0.4, 0.5) is 0 Å². The number of hydrogen-bond acceptors (Lipinski definition) is 5. The minimum absolute atomic E-state index is 0.254. The molecule has 2 atom stereocenters. The minimum atomic E-state index is -1.14. The van der Waals surface area contributed by atoms with Crippen LogP contribution >= 0.6 is 0 Å². The SMILES string of the molecule is C[C@H](C(=O)O[C@H](C)C(=O)N(C)Cc1ccccc1)N1C(=O)c2ccccc2C1=O. The fraction of sp³-hybridized carbons (Fsp3) is 0.273. The molecule has 7 nitrogen and oxygen atoms in total. The van der Waals surface area contributed by atoms with Crippen molar-refractivity contribution in [3.05, 3.63) is 71.3 Å². The lowest BCUT2D eigenvalue weighted by molar-refractivity contribution is -0.161. The molecule has 0 saturated carbocycles. The van der Waals surface area contributed by atoms with Gasteiger partial charge in [0, 0.05) is 13.6 Å². The van der Waals surface area contributed by atoms with Gasteiger partial charge in [-0.05, 0) is 31.5 Å². The number of fused-ring (bicyclic) bond motifs is 1. The Labute approximate surface area is 168 Å². The van der Waals surface area contributed by atoms with Gasteiger partial charge in [-0.1, -0.05) is 42.5 Å². The molecule has 0 radical (unpaired) electrons. The molecule has 3 rings (SSSR count). The summed E-state index contributed by atoms with van der Waals surface area (Å²) in [5, 5.41) is 0. The molecule has 0 N–H and O–H groups in total. The van der Waals surface area contributed by atoms with Crippen LogP contribution in [0.5, 0.6) is 0 Å². The molecule has 2 aromatic carbocycles. The molecule has 0 aromatic heterocycles. The Bertz CT molecular complexity index is 922. The fourth-order valence-electron chi connectivity index (χ4n) is 3.23. The summed E-state index contributed by atoms with van der Waals surface area (Å²) in [5.41, 5.74) is 1.45. The van der Waals surface area contributed by atoms with Crippen LogP contribution in [0.3, 0.4) is 0 Å². The number of carbonyl (C=O) groups excluding carboxylic acids is 4. The molecule has 1 aliphatic rings. The van der Waals surface area contributed by atoms with Gasteiger partial charge in [0.05, 0.1) is 11.1 Å². The summed E-state index contributed by atoms with van der Waals surface area (Å²) in [6.07, 6.45) is -1.05. The van der Waals surface area contributed by atoms with Gasteiger partial charge in [-0.15, -0.1) is 0 Å². The van der Waals surface area contributed by atoms with Crippen molar-refractivity contribution in [1.82, 2.24) is 9.80 Å². The Morgan fingerprint density at radius 3 is 2.00 bits per heavy atom. The van der Waals surface area contributed by atoms with Gasteiger partial charge >= 0.3 is 5.97 Å². The molecule has 0 spiro atoms. The van der Waals surface area contributed by atoms with Crippen LogP contribution in [0.1, 0.15) is 40.1 Å². The lowest BCUT2D eigenvalue weighted by Gasteiger charge is -2.25. The van der Waals surface area contributed by atoms with Crippen molar-refractivity contribution in [3.63, 3.8) is 0 Å². The molecule has 0 bridgehead atoms. The standard InChI is InChI=1S/C22H22N2O5/c1-14(24-20(26)17-11-7-8-12-18(17)21(24)27)22(28)29-15(2)19(25)23(3)13-16-9-5-4-6-10-16/h4-12,14-15H,13H2,1-3H3/t14-,15-/m1/s1. The van der Waals surface area contributed by atoms with E-state index in [1.54, 1.807) is 19.2 Å². The van der Waals surface area contributed by atoms with Gasteiger partial charge in [-0.2, -0.15) is 0 Å². The lowest BCUT2D eigenvalue weighted by Crippen LogP contribution is -2.46. The third kappa shape index (κ3) is 4.03. The molecule has 1 heterocycles. The van der Waals surface area contributed by atoms with E-state index in [4.69, 9.17) is 4.74 Å². The average molecular weight is 394 g/mol. The topological polar surface area (TPSA) is 84.0 Å². The summed E-state index contributed by atoms with van der Waals surface area (Å²) in [6.45, 7) is 3.25. The van der Waals surface area contributed by atoms with Gasteiger partial charge in [0.15, 0.2) is 6.10 Å². The fourth-order valence-corrected chi connectivity index (χ4v) is 3.23. The number of likely N-dealkylation sites (N-methyl/N-ethyl adjacent to an activating group) is 1. The Morgan fingerprint density at radius 1 is 0.931 bits per heavy atom. The van der Waals surface area contributed by atoms with E-state index in [0.29, 0.717) is 6.54 Å². The first kappa shape index (κ1) is 20.3. The summed E-state index contributed by atoms with van der Waals surface area (Å²) < 4.78 is 5.26. The van der Waals surface area contributed by atoms with E-state index in [1.165, 1.54) is 30.9 Å². The van der Waals surface area contributed by atoms with Crippen molar-refractivity contribution in [2.45, 2.75) is 32.5 Å². The highest BCUT2D eigenvalue weighted by atomic mass is 16.5. The third-order valence-electron chi connectivity index (χ3n) is 4.83. The second kappa shape index (κ2) is 8.26. The molecule has 1 aliphatic heterocycles. The maximum Gasteiger partial charge on any atom is 0.329 e. The second-order valence-electron chi connectivity index (χ2n) is 6.96. The molecule has 3 amide bonds. The number of rotatable bonds is 6. The van der Waals surface area contributed by atoms with Gasteiger partial charge < -0.3 is 9.64 Å². The molecule has 0 fully saturated rings. The quantitative estimate of drug-likeness (QED) is 0.554. The van der Waals surface area contributed by atoms with Gasteiger partial charge in [0.2, 0.25) is 0 Å². The molecule has 0 saturated heterocycles. The monoisotopic (exact) mass is 394 g/mol. The van der Waals surface area contributed by atoms with Gasteiger partial charge in [-0.3, -0.25) is 19.3 Å². The zero-order chi connectivity index (χ0) is 21.1. The summed E-state index contributed by atoms with van der Waals surface area (Å²) in [7, 11) is 1.62. The van der Waals surface area contributed by atoms with E-state index in [9.17, 15) is 19.2 Å². The summed E-state index contributed by atoms with van der Waals surface area (Å²) in [5.74, 6) is -2.28. The maximum absolute atomic E-state index is 12.5. The highest BCUT2D eigenvalue weighted by Gasteiger charge is 2.41. The number of ether oxygens (including phenoxy) is 1. The van der Waals surface area contributed by atoms with E-state index < -0.39 is 29.9 Å². The highest BCUT2D eigenvalue weighted by molar-refractivity contribution is 6.22. The third-order valence-corrected chi connectivity index (χ3v) is 4.83. The summed E-state index contributed by atoms with van der Waals surface area (Å²) in [6, 6.07) is 14.7. The van der Waals surface area contributed by atoms with Crippen LogP contribution in [0.25, 0.3) is 0 Å². The molecule has 150 valence electrons. The summed E-state index contributed by atoms with van der Waals surface area (Å²) >= 11 is 0. The van der Waals surface area contributed by atoms with Crippen molar-refractivity contribution >= 4 is 23.7 Å². The van der Waals surface area contributed by atoms with Crippen LogP contribution in [0, 0.1) is 0 Å². The number of carbonyl (C=O) groups is 4. The number of nitrogens with zero attached hydrogens (tertiary/aromatic N) is 2. The largest absolute Gasteiger partial charge is 0.451 e. The Hall–Kier alpha value is -3.48. The first-order valence-electron chi connectivity index (χ1n) is 9.27. The molecule has 7 heteroatoms. The van der Waals surface area contributed by atoms with Crippen LogP contribution in [0.2, 0.25) is 0 Å². The minimum Gasteiger partial charge on any atom is -0.451 e. The van der Waals surface area contributed by atoms with Crippen molar-refractivity contribution in [1.29, 1.82) is 0 Å². The Balaban J connectivity index is 1.63. The number of amides is 3. The maximum atomic E-state index is 12.5. The molecule has 2 aromatic rings. The van der Waals surface area contributed by atoms with Crippen molar-refractivity contribution < 1.29 is 23.9 Å². The van der Waals surface area contributed by atoms with Gasteiger partial charge in [0.1, 0.15) is 6.04 Å². The van der Waals surface area contributed by atoms with Crippen LogP contribution in [0.15, 0.2) is 54.6 Å². The zero-order valence-electron chi connectivity index (χ0n) is 16.5. The Morgan fingerprint density at radius 2 is 1.45 bits per heavy atom. The zero-order valence-corrected chi connectivity index (χ0v) is 16.5. The second-order valence-corrected chi connectivity index (χ2v) is 6.96. The van der Waals surface area contributed by atoms with Crippen molar-refractivity contribution in [2.24, 2.45) is 0 Å². The van der Waals surface area contributed by atoms with E-state index in [1.807, 2.05) is 30.3 Å². The van der Waals surface area contributed by atoms with Crippen LogP contribution in [-0.4, -0.2) is 52.7 Å². The Kier molecular flexibility index (Phi) is 5.77. The van der Waals surface area contributed by atoms with Crippen molar-refractivity contribution in [2.75, 3.05) is 7.05 Å². The average Bonchev–Trinajstić information content (AvgIpc) is 2.98.